The summed E-state index contributed by atoms with van der Waals surface area (Å²) in [5, 5.41) is 3.17. The van der Waals surface area contributed by atoms with Crippen molar-refractivity contribution in [2.24, 2.45) is 5.92 Å². The Labute approximate surface area is 123 Å². The Hall–Kier alpha value is -0.610. The molecule has 0 aromatic rings. The van der Waals surface area contributed by atoms with E-state index in [0.29, 0.717) is 19.2 Å². The summed E-state index contributed by atoms with van der Waals surface area (Å²) in [7, 11) is 1.68. The molecule has 1 amide bonds. The highest BCUT2D eigenvalue weighted by molar-refractivity contribution is 5.78. The molecule has 20 heavy (non-hydrogen) atoms. The van der Waals surface area contributed by atoms with Crippen LogP contribution in [0, 0.1) is 5.92 Å². The van der Waals surface area contributed by atoms with Crippen LogP contribution in [-0.2, 0) is 9.53 Å². The molecule has 1 aliphatic carbocycles. The van der Waals surface area contributed by atoms with Crippen LogP contribution in [-0.4, -0.2) is 50.2 Å². The molecule has 1 atom stereocenters. The lowest BCUT2D eigenvalue weighted by Crippen LogP contribution is -2.42. The van der Waals surface area contributed by atoms with Gasteiger partial charge in [0, 0.05) is 26.2 Å². The number of carbonyl (C=O) groups is 1. The molecule has 2 rings (SSSR count). The zero-order chi connectivity index (χ0) is 14.2. The van der Waals surface area contributed by atoms with Gasteiger partial charge in [0.25, 0.3) is 0 Å². The van der Waals surface area contributed by atoms with E-state index < -0.39 is 0 Å². The standard InChI is InChI=1S/C16H30N2O2/c1-20-11-9-17-13-16(19)18-10-5-8-15(18)12-14-6-3-2-4-7-14/h14-15,17H,2-13H2,1H3. The molecule has 0 aromatic heterocycles. The first-order chi connectivity index (χ1) is 9.81. The number of carbonyl (C=O) groups excluding carboxylic acids is 1. The summed E-state index contributed by atoms with van der Waals surface area (Å²) >= 11 is 0. The Morgan fingerprint density at radius 2 is 2.00 bits per heavy atom. The quantitative estimate of drug-likeness (QED) is 0.728. The van der Waals surface area contributed by atoms with Crippen LogP contribution >= 0.6 is 0 Å². The van der Waals surface area contributed by atoms with Gasteiger partial charge in [0.1, 0.15) is 0 Å². The molecule has 0 spiro atoms. The second kappa shape index (κ2) is 8.63. The SMILES string of the molecule is COCCNCC(=O)N1CCCC1CC1CCCCC1. The van der Waals surface area contributed by atoms with Crippen molar-refractivity contribution in [1.29, 1.82) is 0 Å². The second-order valence-corrected chi connectivity index (χ2v) is 6.29. The van der Waals surface area contributed by atoms with Crippen molar-refractivity contribution in [3.63, 3.8) is 0 Å². The first-order valence-corrected chi connectivity index (χ1v) is 8.30. The van der Waals surface area contributed by atoms with Crippen molar-refractivity contribution in [2.75, 3.05) is 33.4 Å². The summed E-state index contributed by atoms with van der Waals surface area (Å²) < 4.78 is 4.98. The highest BCUT2D eigenvalue weighted by Gasteiger charge is 2.30. The largest absolute Gasteiger partial charge is 0.383 e. The summed E-state index contributed by atoms with van der Waals surface area (Å²) in [6.45, 7) is 2.84. The number of rotatable bonds is 7. The fourth-order valence-electron chi connectivity index (χ4n) is 3.69. The smallest absolute Gasteiger partial charge is 0.236 e. The van der Waals surface area contributed by atoms with Gasteiger partial charge in [-0.15, -0.1) is 0 Å². The molecule has 1 saturated carbocycles. The molecule has 4 nitrogen and oxygen atoms in total. The number of amides is 1. The van der Waals surface area contributed by atoms with Gasteiger partial charge in [-0.25, -0.2) is 0 Å². The van der Waals surface area contributed by atoms with Crippen LogP contribution in [0.15, 0.2) is 0 Å². The van der Waals surface area contributed by atoms with E-state index in [1.807, 2.05) is 0 Å². The Bertz CT molecular complexity index is 290. The summed E-state index contributed by atoms with van der Waals surface area (Å²) in [6.07, 6.45) is 10.6. The van der Waals surface area contributed by atoms with Gasteiger partial charge in [0.2, 0.25) is 5.91 Å². The molecule has 4 heteroatoms. The number of nitrogens with one attached hydrogen (secondary N) is 1. The van der Waals surface area contributed by atoms with E-state index in [4.69, 9.17) is 4.74 Å². The third-order valence-electron chi connectivity index (χ3n) is 4.79. The zero-order valence-electron chi connectivity index (χ0n) is 12.9. The van der Waals surface area contributed by atoms with Crippen LogP contribution in [0.25, 0.3) is 0 Å². The van der Waals surface area contributed by atoms with Crippen LogP contribution in [0.1, 0.15) is 51.4 Å². The Kier molecular flexibility index (Phi) is 6.80. The van der Waals surface area contributed by atoms with Gasteiger partial charge in [-0.2, -0.15) is 0 Å². The monoisotopic (exact) mass is 282 g/mol. The van der Waals surface area contributed by atoms with E-state index in [9.17, 15) is 4.79 Å². The number of methoxy groups -OCH3 is 1. The van der Waals surface area contributed by atoms with E-state index >= 15 is 0 Å². The third-order valence-corrected chi connectivity index (χ3v) is 4.79. The second-order valence-electron chi connectivity index (χ2n) is 6.29. The average Bonchev–Trinajstić information content (AvgIpc) is 2.93. The first kappa shape index (κ1) is 15.8. The summed E-state index contributed by atoms with van der Waals surface area (Å²) in [5.74, 6) is 1.14. The fraction of sp³-hybridized carbons (Fsp3) is 0.938. The van der Waals surface area contributed by atoms with Crippen LogP contribution in [0.4, 0.5) is 0 Å². The van der Waals surface area contributed by atoms with E-state index in [1.165, 1.54) is 51.4 Å². The van der Waals surface area contributed by atoms with E-state index in [0.717, 1.165) is 19.0 Å². The minimum atomic E-state index is 0.277. The lowest BCUT2D eigenvalue weighted by molar-refractivity contribution is -0.131. The van der Waals surface area contributed by atoms with Crippen molar-refractivity contribution in [3.05, 3.63) is 0 Å². The minimum Gasteiger partial charge on any atom is -0.383 e. The van der Waals surface area contributed by atoms with Gasteiger partial charge in [-0.05, 0) is 25.2 Å². The molecule has 1 aliphatic heterocycles. The summed E-state index contributed by atoms with van der Waals surface area (Å²) in [6, 6.07) is 0.509. The van der Waals surface area contributed by atoms with E-state index in [1.54, 1.807) is 7.11 Å². The molecule has 2 aliphatic rings. The average molecular weight is 282 g/mol. The molecule has 0 radical (unpaired) electrons. The molecule has 1 unspecified atom stereocenters. The first-order valence-electron chi connectivity index (χ1n) is 8.30. The maximum absolute atomic E-state index is 12.3. The predicted molar refractivity (Wildman–Crippen MR) is 80.7 cm³/mol. The zero-order valence-corrected chi connectivity index (χ0v) is 12.9. The minimum absolute atomic E-state index is 0.277. The normalized spacial score (nSPS) is 24.2. The molecule has 2 fully saturated rings. The van der Waals surface area contributed by atoms with Gasteiger partial charge in [0.15, 0.2) is 0 Å². The van der Waals surface area contributed by atoms with Gasteiger partial charge in [-0.3, -0.25) is 4.79 Å². The topological polar surface area (TPSA) is 41.6 Å². The molecular weight excluding hydrogens is 252 g/mol. The van der Waals surface area contributed by atoms with E-state index in [2.05, 4.69) is 10.2 Å². The number of nitrogens with zero attached hydrogens (tertiary/aromatic N) is 1. The lowest BCUT2D eigenvalue weighted by atomic mass is 9.84. The van der Waals surface area contributed by atoms with Crippen molar-refractivity contribution in [1.82, 2.24) is 10.2 Å². The van der Waals surface area contributed by atoms with Crippen LogP contribution in [0.2, 0.25) is 0 Å². The van der Waals surface area contributed by atoms with Crippen molar-refractivity contribution >= 4 is 5.91 Å². The van der Waals surface area contributed by atoms with Crippen LogP contribution in [0.3, 0.4) is 0 Å². The molecule has 1 heterocycles. The third kappa shape index (κ3) is 4.74. The van der Waals surface area contributed by atoms with Gasteiger partial charge in [-0.1, -0.05) is 32.1 Å². The number of hydrogen-bond donors (Lipinski definition) is 1. The van der Waals surface area contributed by atoms with Gasteiger partial charge in [0.05, 0.1) is 13.2 Å². The maximum Gasteiger partial charge on any atom is 0.236 e. The summed E-state index contributed by atoms with van der Waals surface area (Å²) in [4.78, 5) is 14.4. The molecule has 0 aromatic carbocycles. The predicted octanol–water partition coefficient (Wildman–Crippen LogP) is 2.18. The molecular formula is C16H30N2O2. The summed E-state index contributed by atoms with van der Waals surface area (Å²) in [5.41, 5.74) is 0. The van der Waals surface area contributed by atoms with Crippen molar-refractivity contribution < 1.29 is 9.53 Å². The Morgan fingerprint density at radius 3 is 2.75 bits per heavy atom. The van der Waals surface area contributed by atoms with Gasteiger partial charge < -0.3 is 15.0 Å². The number of hydrogen-bond acceptors (Lipinski definition) is 3. The fourth-order valence-corrected chi connectivity index (χ4v) is 3.69. The van der Waals surface area contributed by atoms with E-state index in [-0.39, 0.29) is 5.91 Å². The van der Waals surface area contributed by atoms with Crippen molar-refractivity contribution in [3.8, 4) is 0 Å². The Balaban J connectivity index is 1.72. The maximum atomic E-state index is 12.3. The highest BCUT2D eigenvalue weighted by atomic mass is 16.5. The van der Waals surface area contributed by atoms with Crippen LogP contribution < -0.4 is 5.32 Å². The number of ether oxygens (including phenoxy) is 1. The molecule has 1 N–H and O–H groups in total. The lowest BCUT2D eigenvalue weighted by Gasteiger charge is -2.30. The molecule has 0 bridgehead atoms. The molecule has 1 saturated heterocycles. The molecule has 116 valence electrons. The number of likely N-dealkylation sites (tertiary alicyclic amines) is 1. The van der Waals surface area contributed by atoms with Crippen LogP contribution in [0.5, 0.6) is 0 Å². The van der Waals surface area contributed by atoms with Gasteiger partial charge >= 0.3 is 0 Å². The van der Waals surface area contributed by atoms with Crippen molar-refractivity contribution in [2.45, 2.75) is 57.4 Å². The Morgan fingerprint density at radius 1 is 1.20 bits per heavy atom. The highest BCUT2D eigenvalue weighted by Crippen LogP contribution is 2.31.